The highest BCUT2D eigenvalue weighted by Gasteiger charge is 2.26. The van der Waals surface area contributed by atoms with E-state index >= 15 is 0 Å². The minimum Gasteiger partial charge on any atom is -0.367 e. The van der Waals surface area contributed by atoms with Crippen LogP contribution in [0.4, 0.5) is 10.1 Å². The Bertz CT molecular complexity index is 1360. The molecule has 1 aliphatic rings. The molecule has 0 atom stereocenters. The lowest BCUT2D eigenvalue weighted by molar-refractivity contribution is 0.0747. The molecule has 0 aliphatic carbocycles. The van der Waals surface area contributed by atoms with Crippen LogP contribution in [0.1, 0.15) is 15.9 Å². The standard InChI is InChI=1S/C25H22FN3O3S/c1-33(31,32)21-9-10-22(18-6-4-7-20(26)15-18)23(16-21)25(30)29-13-11-28(12-14-29)24-8-3-2-5-19(24)17-27/h2-10,15-16H,11-14H2,1H3. The number of amides is 1. The van der Waals surface area contributed by atoms with E-state index in [1.54, 1.807) is 29.2 Å². The number of sulfone groups is 1. The van der Waals surface area contributed by atoms with Crippen LogP contribution in [0.25, 0.3) is 11.1 Å². The first-order chi connectivity index (χ1) is 15.8. The maximum atomic E-state index is 13.9. The zero-order valence-electron chi connectivity index (χ0n) is 18.0. The van der Waals surface area contributed by atoms with Crippen LogP contribution in [-0.2, 0) is 9.84 Å². The Morgan fingerprint density at radius 3 is 2.36 bits per heavy atom. The average molecular weight is 464 g/mol. The van der Waals surface area contributed by atoms with E-state index in [0.29, 0.717) is 42.9 Å². The number of para-hydroxylation sites is 1. The predicted molar refractivity (Wildman–Crippen MR) is 124 cm³/mol. The molecule has 0 bridgehead atoms. The fraction of sp³-hybridized carbons (Fsp3) is 0.200. The molecule has 1 fully saturated rings. The minimum absolute atomic E-state index is 0.0348. The number of halogens is 1. The van der Waals surface area contributed by atoms with Gasteiger partial charge in [-0.3, -0.25) is 4.79 Å². The first kappa shape index (κ1) is 22.5. The Morgan fingerprint density at radius 1 is 0.970 bits per heavy atom. The molecule has 0 spiro atoms. The highest BCUT2D eigenvalue weighted by molar-refractivity contribution is 7.90. The molecule has 6 nitrogen and oxygen atoms in total. The SMILES string of the molecule is CS(=O)(=O)c1ccc(-c2cccc(F)c2)c(C(=O)N2CCN(c3ccccc3C#N)CC2)c1. The molecular formula is C25H22FN3O3S. The fourth-order valence-corrected chi connectivity index (χ4v) is 4.65. The lowest BCUT2D eigenvalue weighted by atomic mass is 9.98. The fourth-order valence-electron chi connectivity index (χ4n) is 4.00. The summed E-state index contributed by atoms with van der Waals surface area (Å²) in [5.74, 6) is -0.754. The van der Waals surface area contributed by atoms with Crippen LogP contribution in [0.15, 0.2) is 71.6 Å². The third-order valence-corrected chi connectivity index (χ3v) is 6.83. The minimum atomic E-state index is -3.53. The Morgan fingerprint density at radius 2 is 1.70 bits per heavy atom. The monoisotopic (exact) mass is 463 g/mol. The van der Waals surface area contributed by atoms with E-state index in [-0.39, 0.29) is 16.4 Å². The molecule has 8 heteroatoms. The van der Waals surface area contributed by atoms with Crippen molar-refractivity contribution in [3.8, 4) is 17.2 Å². The molecule has 0 radical (unpaired) electrons. The Balaban J connectivity index is 1.64. The summed E-state index contributed by atoms with van der Waals surface area (Å²) in [5, 5.41) is 9.37. The van der Waals surface area contributed by atoms with Crippen LogP contribution in [0.2, 0.25) is 0 Å². The van der Waals surface area contributed by atoms with E-state index < -0.39 is 15.7 Å². The average Bonchev–Trinajstić information content (AvgIpc) is 2.82. The van der Waals surface area contributed by atoms with Gasteiger partial charge in [-0.25, -0.2) is 12.8 Å². The topological polar surface area (TPSA) is 81.5 Å². The lowest BCUT2D eigenvalue weighted by Gasteiger charge is -2.36. The van der Waals surface area contributed by atoms with Crippen LogP contribution < -0.4 is 4.90 Å². The molecule has 1 saturated heterocycles. The van der Waals surface area contributed by atoms with E-state index in [4.69, 9.17) is 0 Å². The highest BCUT2D eigenvalue weighted by Crippen LogP contribution is 2.29. The molecule has 3 aromatic rings. The number of carbonyl (C=O) groups is 1. The van der Waals surface area contributed by atoms with Gasteiger partial charge >= 0.3 is 0 Å². The number of carbonyl (C=O) groups excluding carboxylic acids is 1. The van der Waals surface area contributed by atoms with Gasteiger partial charge in [-0.05, 0) is 47.5 Å². The summed E-state index contributed by atoms with van der Waals surface area (Å²) < 4.78 is 38.1. The normalized spacial score (nSPS) is 14.1. The summed E-state index contributed by atoms with van der Waals surface area (Å²) in [6, 6.07) is 19.7. The maximum absolute atomic E-state index is 13.9. The van der Waals surface area contributed by atoms with Gasteiger partial charge < -0.3 is 9.80 Å². The smallest absolute Gasteiger partial charge is 0.254 e. The molecule has 0 unspecified atom stereocenters. The van der Waals surface area contributed by atoms with Gasteiger partial charge in [0.25, 0.3) is 5.91 Å². The second-order valence-corrected chi connectivity index (χ2v) is 9.91. The van der Waals surface area contributed by atoms with Crippen molar-refractivity contribution in [3.05, 3.63) is 83.7 Å². The van der Waals surface area contributed by atoms with Crippen molar-refractivity contribution < 1.29 is 17.6 Å². The van der Waals surface area contributed by atoms with Crippen LogP contribution in [0.5, 0.6) is 0 Å². The zero-order valence-corrected chi connectivity index (χ0v) is 18.8. The van der Waals surface area contributed by atoms with Crippen molar-refractivity contribution in [3.63, 3.8) is 0 Å². The van der Waals surface area contributed by atoms with Crippen LogP contribution in [0.3, 0.4) is 0 Å². The molecule has 33 heavy (non-hydrogen) atoms. The molecule has 0 saturated carbocycles. The van der Waals surface area contributed by atoms with Gasteiger partial charge in [0.2, 0.25) is 0 Å². The first-order valence-electron chi connectivity index (χ1n) is 10.4. The van der Waals surface area contributed by atoms with Gasteiger partial charge in [-0.1, -0.05) is 30.3 Å². The molecule has 4 rings (SSSR count). The lowest BCUT2D eigenvalue weighted by Crippen LogP contribution is -2.49. The number of benzene rings is 3. The molecule has 0 N–H and O–H groups in total. The number of hydrogen-bond acceptors (Lipinski definition) is 5. The van der Waals surface area contributed by atoms with Crippen molar-refractivity contribution in [2.24, 2.45) is 0 Å². The molecule has 3 aromatic carbocycles. The molecule has 1 heterocycles. The van der Waals surface area contributed by atoms with E-state index in [2.05, 4.69) is 11.0 Å². The maximum Gasteiger partial charge on any atom is 0.254 e. The van der Waals surface area contributed by atoms with Crippen molar-refractivity contribution in [1.29, 1.82) is 5.26 Å². The number of nitriles is 1. The van der Waals surface area contributed by atoms with Crippen LogP contribution in [0, 0.1) is 17.1 Å². The number of rotatable bonds is 4. The summed E-state index contributed by atoms with van der Waals surface area (Å²) in [4.78, 5) is 17.2. The van der Waals surface area contributed by atoms with Gasteiger partial charge in [-0.2, -0.15) is 5.26 Å². The quantitative estimate of drug-likeness (QED) is 0.589. The molecule has 0 aromatic heterocycles. The second-order valence-electron chi connectivity index (χ2n) is 7.90. The van der Waals surface area contributed by atoms with E-state index in [0.717, 1.165) is 11.9 Å². The van der Waals surface area contributed by atoms with Crippen molar-refractivity contribution >= 4 is 21.4 Å². The number of piperazine rings is 1. The third kappa shape index (κ3) is 4.73. The van der Waals surface area contributed by atoms with Gasteiger partial charge in [0.1, 0.15) is 11.9 Å². The molecular weight excluding hydrogens is 441 g/mol. The van der Waals surface area contributed by atoms with Gasteiger partial charge in [0, 0.05) is 38.0 Å². The molecule has 1 amide bonds. The second kappa shape index (κ2) is 9.04. The van der Waals surface area contributed by atoms with Crippen LogP contribution in [-0.4, -0.2) is 51.7 Å². The van der Waals surface area contributed by atoms with Crippen molar-refractivity contribution in [1.82, 2.24) is 4.90 Å². The predicted octanol–water partition coefficient (Wildman–Crippen LogP) is 3.73. The Labute approximate surface area is 192 Å². The number of anilines is 1. The zero-order chi connectivity index (χ0) is 23.6. The summed E-state index contributed by atoms with van der Waals surface area (Å²) in [6.07, 6.45) is 1.09. The van der Waals surface area contributed by atoms with E-state index in [1.165, 1.54) is 24.3 Å². The summed E-state index contributed by atoms with van der Waals surface area (Å²) in [7, 11) is -3.53. The van der Waals surface area contributed by atoms with Gasteiger partial charge in [-0.15, -0.1) is 0 Å². The summed E-state index contributed by atoms with van der Waals surface area (Å²) >= 11 is 0. The third-order valence-electron chi connectivity index (χ3n) is 5.72. The molecule has 1 aliphatic heterocycles. The summed E-state index contributed by atoms with van der Waals surface area (Å²) in [5.41, 5.74) is 2.59. The van der Waals surface area contributed by atoms with Gasteiger partial charge in [0.05, 0.1) is 16.1 Å². The van der Waals surface area contributed by atoms with Crippen LogP contribution >= 0.6 is 0 Å². The first-order valence-corrected chi connectivity index (χ1v) is 12.3. The number of nitrogens with zero attached hydrogens (tertiary/aromatic N) is 3. The van der Waals surface area contributed by atoms with E-state index in [1.807, 2.05) is 18.2 Å². The Hall–Kier alpha value is -3.70. The van der Waals surface area contributed by atoms with Gasteiger partial charge in [0.15, 0.2) is 9.84 Å². The van der Waals surface area contributed by atoms with E-state index in [9.17, 15) is 22.9 Å². The molecule has 168 valence electrons. The largest absolute Gasteiger partial charge is 0.367 e. The Kier molecular flexibility index (Phi) is 6.16. The highest BCUT2D eigenvalue weighted by atomic mass is 32.2. The summed E-state index contributed by atoms with van der Waals surface area (Å²) in [6.45, 7) is 1.88. The van der Waals surface area contributed by atoms with Crippen molar-refractivity contribution in [2.45, 2.75) is 4.90 Å². The van der Waals surface area contributed by atoms with Crippen molar-refractivity contribution in [2.75, 3.05) is 37.3 Å². The number of hydrogen-bond donors (Lipinski definition) is 0.